The molecule has 0 saturated carbocycles. The quantitative estimate of drug-likeness (QED) is 0.682. The molecule has 0 aliphatic heterocycles. The topological polar surface area (TPSA) is 49.3 Å². The molecule has 0 aliphatic carbocycles. The smallest absolute Gasteiger partial charge is 0.393 e. The first-order valence-electron chi connectivity index (χ1n) is 7.93. The summed E-state index contributed by atoms with van der Waals surface area (Å²) in [6.07, 6.45) is -0.837. The normalized spacial score (nSPS) is 12.9. The van der Waals surface area contributed by atoms with E-state index in [1.165, 1.54) is 0 Å². The number of aryl methyl sites for hydroxylation is 2. The highest BCUT2D eigenvalue weighted by atomic mass is 19.4. The van der Waals surface area contributed by atoms with Crippen molar-refractivity contribution in [2.24, 2.45) is 0 Å². The molecule has 1 amide bonds. The van der Waals surface area contributed by atoms with Gasteiger partial charge in [-0.2, -0.15) is 13.2 Å². The van der Waals surface area contributed by atoms with E-state index in [1.807, 2.05) is 36.5 Å². The summed E-state index contributed by atoms with van der Waals surface area (Å²) in [4.78, 5) is 10.7. The summed E-state index contributed by atoms with van der Waals surface area (Å²) < 4.78 is 36.1. The molecule has 6 heteroatoms. The highest BCUT2D eigenvalue weighted by molar-refractivity contribution is 5.81. The Hall–Kier alpha value is -1.56. The van der Waals surface area contributed by atoms with Gasteiger partial charge in [-0.05, 0) is 43.2 Å². The molecule has 1 atom stereocenters. The van der Waals surface area contributed by atoms with Gasteiger partial charge < -0.3 is 10.4 Å². The average molecular weight is 331 g/mol. The molecule has 0 saturated heterocycles. The lowest BCUT2D eigenvalue weighted by molar-refractivity contribution is -0.173. The number of benzene rings is 1. The fourth-order valence-electron chi connectivity index (χ4n) is 2.35. The molecule has 0 radical (unpaired) electrons. The standard InChI is InChI=1S/C17H24F3NO2/c1-2-5-15(22)10-9-14-7-3-6-13(12-14)8-4-11-21-16(23)17(18,19)20/h3,6-7,12,15,22H,2,4-5,8-11H2,1H3,(H,21,23). The minimum Gasteiger partial charge on any atom is -0.393 e. The van der Waals surface area contributed by atoms with Crippen molar-refractivity contribution >= 4 is 5.91 Å². The Morgan fingerprint density at radius 1 is 1.22 bits per heavy atom. The van der Waals surface area contributed by atoms with Crippen LogP contribution in [0, 0.1) is 0 Å². The van der Waals surface area contributed by atoms with Crippen molar-refractivity contribution in [1.29, 1.82) is 0 Å². The van der Waals surface area contributed by atoms with E-state index in [4.69, 9.17) is 0 Å². The lowest BCUT2D eigenvalue weighted by Crippen LogP contribution is -2.37. The zero-order valence-electron chi connectivity index (χ0n) is 13.3. The van der Waals surface area contributed by atoms with Crippen LogP contribution < -0.4 is 5.32 Å². The number of alkyl halides is 3. The van der Waals surface area contributed by atoms with E-state index >= 15 is 0 Å². The first-order chi connectivity index (χ1) is 10.8. The van der Waals surface area contributed by atoms with E-state index in [9.17, 15) is 23.1 Å². The Balaban J connectivity index is 2.35. The number of hydrogen-bond acceptors (Lipinski definition) is 2. The molecule has 0 aromatic heterocycles. The fraction of sp³-hybridized carbons (Fsp3) is 0.588. The van der Waals surface area contributed by atoms with Gasteiger partial charge in [-0.3, -0.25) is 4.79 Å². The molecule has 23 heavy (non-hydrogen) atoms. The minimum absolute atomic E-state index is 0.00220. The van der Waals surface area contributed by atoms with Crippen LogP contribution >= 0.6 is 0 Å². The molecule has 1 aromatic carbocycles. The van der Waals surface area contributed by atoms with Gasteiger partial charge in [0.15, 0.2) is 0 Å². The van der Waals surface area contributed by atoms with E-state index in [1.54, 1.807) is 0 Å². The second kappa shape index (κ2) is 9.55. The van der Waals surface area contributed by atoms with Gasteiger partial charge in [-0.15, -0.1) is 0 Å². The van der Waals surface area contributed by atoms with Crippen molar-refractivity contribution in [1.82, 2.24) is 5.32 Å². The molecule has 0 heterocycles. The monoisotopic (exact) mass is 331 g/mol. The van der Waals surface area contributed by atoms with Crippen LogP contribution in [0.4, 0.5) is 13.2 Å². The van der Waals surface area contributed by atoms with Crippen LogP contribution in [0.3, 0.4) is 0 Å². The van der Waals surface area contributed by atoms with Crippen LogP contribution in [0.1, 0.15) is 43.7 Å². The van der Waals surface area contributed by atoms with Crippen LogP contribution in [0.2, 0.25) is 0 Å². The SMILES string of the molecule is CCCC(O)CCc1cccc(CCCNC(=O)C(F)(F)F)c1. The highest BCUT2D eigenvalue weighted by Gasteiger charge is 2.38. The Bertz CT molecular complexity index is 489. The van der Waals surface area contributed by atoms with Crippen LogP contribution in [-0.4, -0.2) is 29.8 Å². The number of nitrogens with one attached hydrogen (secondary N) is 1. The number of rotatable bonds is 9. The highest BCUT2D eigenvalue weighted by Crippen LogP contribution is 2.14. The van der Waals surface area contributed by atoms with Crippen LogP contribution in [0.25, 0.3) is 0 Å². The second-order valence-electron chi connectivity index (χ2n) is 5.66. The minimum atomic E-state index is -4.82. The van der Waals surface area contributed by atoms with Crippen LogP contribution in [0.15, 0.2) is 24.3 Å². The lowest BCUT2D eigenvalue weighted by Gasteiger charge is -2.10. The Morgan fingerprint density at radius 3 is 2.48 bits per heavy atom. The second-order valence-corrected chi connectivity index (χ2v) is 5.66. The summed E-state index contributed by atoms with van der Waals surface area (Å²) >= 11 is 0. The molecule has 0 aliphatic rings. The summed E-state index contributed by atoms with van der Waals surface area (Å²) in [6.45, 7) is 2.03. The van der Waals surface area contributed by atoms with Crippen molar-refractivity contribution < 1.29 is 23.1 Å². The molecule has 0 spiro atoms. The van der Waals surface area contributed by atoms with Crippen molar-refractivity contribution in [3.8, 4) is 0 Å². The van der Waals surface area contributed by atoms with E-state index in [2.05, 4.69) is 0 Å². The molecule has 0 bridgehead atoms. The predicted octanol–water partition coefficient (Wildman–Crippen LogP) is 3.39. The number of aliphatic hydroxyl groups is 1. The van der Waals surface area contributed by atoms with E-state index in [0.717, 1.165) is 30.4 Å². The lowest BCUT2D eigenvalue weighted by atomic mass is 10.0. The van der Waals surface area contributed by atoms with E-state index in [-0.39, 0.29) is 12.6 Å². The third-order valence-corrected chi connectivity index (χ3v) is 3.56. The number of halogens is 3. The third kappa shape index (κ3) is 8.02. The van der Waals surface area contributed by atoms with E-state index in [0.29, 0.717) is 19.3 Å². The molecular weight excluding hydrogens is 307 g/mol. The molecule has 0 fully saturated rings. The Labute approximate surface area is 134 Å². The van der Waals surface area contributed by atoms with Gasteiger partial charge in [-0.25, -0.2) is 0 Å². The van der Waals surface area contributed by atoms with Crippen molar-refractivity contribution in [2.75, 3.05) is 6.54 Å². The number of hydrogen-bond donors (Lipinski definition) is 2. The largest absolute Gasteiger partial charge is 0.471 e. The van der Waals surface area contributed by atoms with Gasteiger partial charge in [0.2, 0.25) is 0 Å². The van der Waals surface area contributed by atoms with Crippen LogP contribution in [-0.2, 0) is 17.6 Å². The Morgan fingerprint density at radius 2 is 1.87 bits per heavy atom. The third-order valence-electron chi connectivity index (χ3n) is 3.56. The summed E-state index contributed by atoms with van der Waals surface area (Å²) in [6, 6.07) is 7.81. The molecule has 1 aromatic rings. The van der Waals surface area contributed by atoms with Gasteiger partial charge >= 0.3 is 12.1 Å². The maximum absolute atomic E-state index is 12.0. The van der Waals surface area contributed by atoms with Crippen LogP contribution in [0.5, 0.6) is 0 Å². The molecule has 1 rings (SSSR count). The summed E-state index contributed by atoms with van der Waals surface area (Å²) in [5.41, 5.74) is 2.13. The first kappa shape index (κ1) is 19.5. The van der Waals surface area contributed by atoms with E-state index < -0.39 is 12.1 Å². The molecular formula is C17H24F3NO2. The summed E-state index contributed by atoms with van der Waals surface area (Å²) in [5.74, 6) is -1.89. The van der Waals surface area contributed by atoms with Gasteiger partial charge in [0, 0.05) is 6.54 Å². The number of amides is 1. The number of carbonyl (C=O) groups excluding carboxylic acids is 1. The number of carbonyl (C=O) groups is 1. The van der Waals surface area contributed by atoms with Crippen molar-refractivity contribution in [2.45, 2.75) is 57.7 Å². The molecule has 2 N–H and O–H groups in total. The van der Waals surface area contributed by atoms with Gasteiger partial charge in [-0.1, -0.05) is 37.6 Å². The molecule has 3 nitrogen and oxygen atoms in total. The van der Waals surface area contributed by atoms with Gasteiger partial charge in [0.1, 0.15) is 0 Å². The maximum Gasteiger partial charge on any atom is 0.471 e. The predicted molar refractivity (Wildman–Crippen MR) is 83.1 cm³/mol. The number of aliphatic hydroxyl groups excluding tert-OH is 1. The zero-order chi connectivity index (χ0) is 17.3. The molecule has 130 valence electrons. The summed E-state index contributed by atoms with van der Waals surface area (Å²) in [7, 11) is 0. The Kier molecular flexibility index (Phi) is 8.09. The van der Waals surface area contributed by atoms with Gasteiger partial charge in [0.25, 0.3) is 0 Å². The maximum atomic E-state index is 12.0. The van der Waals surface area contributed by atoms with Gasteiger partial charge in [0.05, 0.1) is 6.10 Å². The molecule has 1 unspecified atom stereocenters. The van der Waals surface area contributed by atoms with Crippen molar-refractivity contribution in [3.05, 3.63) is 35.4 Å². The zero-order valence-corrected chi connectivity index (χ0v) is 13.3. The average Bonchev–Trinajstić information content (AvgIpc) is 2.49. The van der Waals surface area contributed by atoms with Crippen molar-refractivity contribution in [3.63, 3.8) is 0 Å². The first-order valence-corrected chi connectivity index (χ1v) is 7.93. The summed E-state index contributed by atoms with van der Waals surface area (Å²) in [5, 5.41) is 11.6. The fourth-order valence-corrected chi connectivity index (χ4v) is 2.35.